The number of halogens is 1. The molecule has 0 aliphatic carbocycles. The highest BCUT2D eigenvalue weighted by molar-refractivity contribution is 6.17. The van der Waals surface area contributed by atoms with Gasteiger partial charge < -0.3 is 14.2 Å². The van der Waals surface area contributed by atoms with E-state index >= 15 is 0 Å². The van der Waals surface area contributed by atoms with Crippen LogP contribution in [0.3, 0.4) is 0 Å². The molecule has 1 saturated heterocycles. The molecule has 0 saturated carbocycles. The van der Waals surface area contributed by atoms with Crippen molar-refractivity contribution in [2.75, 3.05) is 20.3 Å². The summed E-state index contributed by atoms with van der Waals surface area (Å²) in [5.41, 5.74) is 0.999. The van der Waals surface area contributed by atoms with E-state index in [0.29, 0.717) is 5.88 Å². The topological polar surface area (TPSA) is 27.7 Å². The zero-order valence-electron chi connectivity index (χ0n) is 9.95. The molecule has 0 bridgehead atoms. The van der Waals surface area contributed by atoms with Crippen molar-refractivity contribution in [3.05, 3.63) is 23.8 Å². The number of alkyl halides is 1. The van der Waals surface area contributed by atoms with Crippen LogP contribution in [-0.4, -0.2) is 26.4 Å². The van der Waals surface area contributed by atoms with Gasteiger partial charge in [-0.3, -0.25) is 0 Å². The lowest BCUT2D eigenvalue weighted by Crippen LogP contribution is -2.26. The van der Waals surface area contributed by atoms with E-state index in [2.05, 4.69) is 0 Å². The Kier molecular flexibility index (Phi) is 4.51. The van der Waals surface area contributed by atoms with E-state index in [1.807, 2.05) is 18.2 Å². The predicted molar refractivity (Wildman–Crippen MR) is 67.0 cm³/mol. The van der Waals surface area contributed by atoms with Crippen LogP contribution in [0.25, 0.3) is 0 Å². The van der Waals surface area contributed by atoms with Crippen LogP contribution in [0.4, 0.5) is 0 Å². The van der Waals surface area contributed by atoms with Crippen LogP contribution in [-0.2, 0) is 10.6 Å². The molecule has 0 unspecified atom stereocenters. The SMILES string of the molecule is COc1ccc(CCl)c(OC2CCOCC2)c1. The normalized spacial score (nSPS) is 16.8. The van der Waals surface area contributed by atoms with E-state index < -0.39 is 0 Å². The molecule has 1 fully saturated rings. The maximum atomic E-state index is 5.98. The third-order valence-electron chi connectivity index (χ3n) is 2.88. The van der Waals surface area contributed by atoms with Crippen LogP contribution in [0.5, 0.6) is 11.5 Å². The lowest BCUT2D eigenvalue weighted by molar-refractivity contribution is 0.0252. The third kappa shape index (κ3) is 3.27. The number of hydrogen-bond acceptors (Lipinski definition) is 3. The fourth-order valence-corrected chi connectivity index (χ4v) is 2.08. The van der Waals surface area contributed by atoms with Crippen LogP contribution in [0.1, 0.15) is 18.4 Å². The molecule has 17 heavy (non-hydrogen) atoms. The van der Waals surface area contributed by atoms with Crippen molar-refractivity contribution in [1.29, 1.82) is 0 Å². The molecule has 1 aliphatic rings. The van der Waals surface area contributed by atoms with Gasteiger partial charge in [0.2, 0.25) is 0 Å². The molecule has 1 aromatic carbocycles. The predicted octanol–water partition coefficient (Wildman–Crippen LogP) is 2.99. The number of ether oxygens (including phenoxy) is 3. The van der Waals surface area contributed by atoms with E-state index in [4.69, 9.17) is 25.8 Å². The maximum Gasteiger partial charge on any atom is 0.127 e. The fraction of sp³-hybridized carbons (Fsp3) is 0.538. The molecule has 0 N–H and O–H groups in total. The molecule has 0 aromatic heterocycles. The van der Waals surface area contributed by atoms with Gasteiger partial charge in [-0.1, -0.05) is 6.07 Å². The summed E-state index contributed by atoms with van der Waals surface area (Å²) in [4.78, 5) is 0. The molecule has 0 amide bonds. The molecular weight excluding hydrogens is 240 g/mol. The summed E-state index contributed by atoms with van der Waals surface area (Å²) in [6, 6.07) is 5.74. The monoisotopic (exact) mass is 256 g/mol. The quantitative estimate of drug-likeness (QED) is 0.775. The van der Waals surface area contributed by atoms with Gasteiger partial charge in [0.15, 0.2) is 0 Å². The zero-order valence-corrected chi connectivity index (χ0v) is 10.7. The summed E-state index contributed by atoms with van der Waals surface area (Å²) in [5.74, 6) is 2.06. The van der Waals surface area contributed by atoms with Gasteiger partial charge in [0.25, 0.3) is 0 Å². The highest BCUT2D eigenvalue weighted by atomic mass is 35.5. The third-order valence-corrected chi connectivity index (χ3v) is 3.17. The lowest BCUT2D eigenvalue weighted by Gasteiger charge is -2.24. The van der Waals surface area contributed by atoms with Crippen molar-refractivity contribution in [1.82, 2.24) is 0 Å². The Hall–Kier alpha value is -0.930. The van der Waals surface area contributed by atoms with Gasteiger partial charge in [0.1, 0.15) is 17.6 Å². The first-order chi connectivity index (χ1) is 8.33. The minimum absolute atomic E-state index is 0.220. The second kappa shape index (κ2) is 6.12. The van der Waals surface area contributed by atoms with E-state index in [0.717, 1.165) is 43.1 Å². The van der Waals surface area contributed by atoms with E-state index in [1.54, 1.807) is 7.11 Å². The smallest absolute Gasteiger partial charge is 0.127 e. The summed E-state index contributed by atoms with van der Waals surface area (Å²) in [7, 11) is 1.65. The molecule has 3 nitrogen and oxygen atoms in total. The number of benzene rings is 1. The minimum atomic E-state index is 0.220. The Bertz CT molecular complexity index is 362. The molecule has 0 atom stereocenters. The van der Waals surface area contributed by atoms with Crippen molar-refractivity contribution in [2.45, 2.75) is 24.8 Å². The summed E-state index contributed by atoms with van der Waals surface area (Å²) in [5, 5.41) is 0. The molecule has 1 heterocycles. The Balaban J connectivity index is 2.11. The van der Waals surface area contributed by atoms with Gasteiger partial charge in [-0.15, -0.1) is 11.6 Å². The van der Waals surface area contributed by atoms with Crippen molar-refractivity contribution in [3.63, 3.8) is 0 Å². The Morgan fingerprint density at radius 2 is 2.12 bits per heavy atom. The molecule has 4 heteroatoms. The Morgan fingerprint density at radius 3 is 2.76 bits per heavy atom. The highest BCUT2D eigenvalue weighted by Crippen LogP contribution is 2.28. The second-order valence-corrected chi connectivity index (χ2v) is 4.30. The highest BCUT2D eigenvalue weighted by Gasteiger charge is 2.17. The Labute approximate surface area is 107 Å². The van der Waals surface area contributed by atoms with Crippen molar-refractivity contribution >= 4 is 11.6 Å². The second-order valence-electron chi connectivity index (χ2n) is 4.04. The summed E-state index contributed by atoms with van der Waals surface area (Å²) < 4.78 is 16.5. The van der Waals surface area contributed by atoms with Crippen LogP contribution in [0.15, 0.2) is 18.2 Å². The molecular formula is C13H17ClO3. The van der Waals surface area contributed by atoms with Gasteiger partial charge >= 0.3 is 0 Å². The number of rotatable bonds is 4. The molecule has 0 radical (unpaired) electrons. The largest absolute Gasteiger partial charge is 0.497 e. The summed E-state index contributed by atoms with van der Waals surface area (Å²) in [6.45, 7) is 1.54. The van der Waals surface area contributed by atoms with E-state index in [1.165, 1.54) is 0 Å². The van der Waals surface area contributed by atoms with Crippen LogP contribution >= 0.6 is 11.6 Å². The maximum absolute atomic E-state index is 5.98. The van der Waals surface area contributed by atoms with Crippen LogP contribution in [0.2, 0.25) is 0 Å². The molecule has 1 aliphatic heterocycles. The fourth-order valence-electron chi connectivity index (χ4n) is 1.86. The summed E-state index contributed by atoms with van der Waals surface area (Å²) >= 11 is 5.90. The van der Waals surface area contributed by atoms with Crippen molar-refractivity contribution in [2.24, 2.45) is 0 Å². The zero-order chi connectivity index (χ0) is 12.1. The van der Waals surface area contributed by atoms with Gasteiger partial charge in [-0.25, -0.2) is 0 Å². The van der Waals surface area contributed by atoms with Crippen molar-refractivity contribution < 1.29 is 14.2 Å². The first-order valence-corrected chi connectivity index (χ1v) is 6.34. The van der Waals surface area contributed by atoms with Gasteiger partial charge in [-0.2, -0.15) is 0 Å². The average molecular weight is 257 g/mol. The first kappa shape index (κ1) is 12.5. The van der Waals surface area contributed by atoms with E-state index in [-0.39, 0.29) is 6.10 Å². The van der Waals surface area contributed by atoms with Gasteiger partial charge in [-0.05, 0) is 6.07 Å². The molecule has 2 rings (SSSR count). The number of methoxy groups -OCH3 is 1. The first-order valence-electron chi connectivity index (χ1n) is 5.80. The summed E-state index contributed by atoms with van der Waals surface area (Å²) in [6.07, 6.45) is 2.08. The lowest BCUT2D eigenvalue weighted by atomic mass is 10.1. The van der Waals surface area contributed by atoms with Crippen molar-refractivity contribution in [3.8, 4) is 11.5 Å². The van der Waals surface area contributed by atoms with E-state index in [9.17, 15) is 0 Å². The standard InChI is InChI=1S/C13H17ClO3/c1-15-12-3-2-10(9-14)13(8-12)17-11-4-6-16-7-5-11/h2-3,8,11H,4-7,9H2,1H3. The van der Waals surface area contributed by atoms with Crippen LogP contribution < -0.4 is 9.47 Å². The molecule has 1 aromatic rings. The minimum Gasteiger partial charge on any atom is -0.497 e. The molecule has 94 valence electrons. The van der Waals surface area contributed by atoms with Gasteiger partial charge in [0.05, 0.1) is 26.2 Å². The Morgan fingerprint density at radius 1 is 1.35 bits per heavy atom. The van der Waals surface area contributed by atoms with Crippen LogP contribution in [0, 0.1) is 0 Å². The number of hydrogen-bond donors (Lipinski definition) is 0. The van der Waals surface area contributed by atoms with Gasteiger partial charge in [0, 0.05) is 24.5 Å². The molecule has 0 spiro atoms. The average Bonchev–Trinajstić information content (AvgIpc) is 2.40.